The average molecular weight is 402 g/mol. The molecule has 5 heteroatoms. The fourth-order valence-electron chi connectivity index (χ4n) is 7.75. The van der Waals surface area contributed by atoms with Crippen molar-refractivity contribution in [3.05, 3.63) is 23.3 Å². The topological polar surface area (TPSA) is 51.2 Å². The Labute approximate surface area is 174 Å². The predicted molar refractivity (Wildman–Crippen MR) is 112 cm³/mol. The van der Waals surface area contributed by atoms with Crippen molar-refractivity contribution in [2.45, 2.75) is 69.3 Å². The number of likely N-dealkylation sites (tertiary alicyclic amines) is 1. The summed E-state index contributed by atoms with van der Waals surface area (Å²) in [5, 5.41) is 10.9. The van der Waals surface area contributed by atoms with Gasteiger partial charge >= 0.3 is 0 Å². The lowest BCUT2D eigenvalue weighted by Gasteiger charge is -2.65. The van der Waals surface area contributed by atoms with Crippen LogP contribution in [0.3, 0.4) is 0 Å². The van der Waals surface area contributed by atoms with Gasteiger partial charge in [0.1, 0.15) is 11.7 Å². The second-order valence-electron chi connectivity index (χ2n) is 10.1. The van der Waals surface area contributed by atoms with Gasteiger partial charge in [0, 0.05) is 30.0 Å². The SMILES string of the molecule is COc1ccc2c3c1O[C@H]1[C@@](OC)(C(C)C)[C@@H]([C@H](C)O)CC4[C@@H](C2)N(C)CC[C@@]341. The lowest BCUT2D eigenvalue weighted by molar-refractivity contribution is -0.237. The van der Waals surface area contributed by atoms with Gasteiger partial charge in [0.2, 0.25) is 0 Å². The lowest BCUT2D eigenvalue weighted by Crippen LogP contribution is -2.74. The number of aliphatic hydroxyl groups is 1. The Morgan fingerprint density at radius 3 is 2.62 bits per heavy atom. The van der Waals surface area contributed by atoms with Crippen LogP contribution in [0.1, 0.15) is 44.7 Å². The van der Waals surface area contributed by atoms with E-state index in [1.165, 1.54) is 11.1 Å². The summed E-state index contributed by atoms with van der Waals surface area (Å²) in [4.78, 5) is 2.53. The summed E-state index contributed by atoms with van der Waals surface area (Å²) in [5.74, 6) is 2.46. The van der Waals surface area contributed by atoms with Crippen molar-refractivity contribution >= 4 is 0 Å². The molecule has 1 saturated heterocycles. The van der Waals surface area contributed by atoms with Gasteiger partial charge < -0.3 is 24.2 Å². The molecule has 0 radical (unpaired) electrons. The Balaban J connectivity index is 1.80. The molecule has 1 saturated carbocycles. The molecule has 1 N–H and O–H groups in total. The predicted octanol–water partition coefficient (Wildman–Crippen LogP) is 3.01. The molecule has 2 aliphatic heterocycles. The highest BCUT2D eigenvalue weighted by molar-refractivity contribution is 5.61. The monoisotopic (exact) mass is 401 g/mol. The third kappa shape index (κ3) is 2.17. The quantitative estimate of drug-likeness (QED) is 0.841. The largest absolute Gasteiger partial charge is 0.493 e. The van der Waals surface area contributed by atoms with Gasteiger partial charge in [-0.2, -0.15) is 0 Å². The number of ether oxygens (including phenoxy) is 3. The van der Waals surface area contributed by atoms with Crippen molar-refractivity contribution in [3.63, 3.8) is 0 Å². The molecule has 0 aromatic heterocycles. The third-order valence-corrected chi connectivity index (χ3v) is 8.93. The molecule has 7 atom stereocenters. The van der Waals surface area contributed by atoms with Crippen LogP contribution in [-0.2, 0) is 16.6 Å². The molecule has 2 heterocycles. The summed E-state index contributed by atoms with van der Waals surface area (Å²) in [5.41, 5.74) is 2.17. The zero-order valence-corrected chi connectivity index (χ0v) is 18.6. The minimum absolute atomic E-state index is 0.0338. The van der Waals surface area contributed by atoms with E-state index in [1.807, 2.05) is 14.0 Å². The highest BCUT2D eigenvalue weighted by Crippen LogP contribution is 2.68. The van der Waals surface area contributed by atoms with E-state index >= 15 is 0 Å². The third-order valence-electron chi connectivity index (χ3n) is 8.93. The fourth-order valence-corrected chi connectivity index (χ4v) is 7.75. The first-order valence-corrected chi connectivity index (χ1v) is 11.1. The molecule has 2 bridgehead atoms. The van der Waals surface area contributed by atoms with Gasteiger partial charge in [0.25, 0.3) is 0 Å². The number of piperidine rings is 1. The molecule has 4 aliphatic rings. The first-order valence-electron chi connectivity index (χ1n) is 11.1. The molecule has 1 spiro atoms. The molecule has 29 heavy (non-hydrogen) atoms. The molecule has 1 unspecified atom stereocenters. The molecule has 5 nitrogen and oxygen atoms in total. The number of benzene rings is 1. The van der Waals surface area contributed by atoms with Crippen LogP contribution in [0.25, 0.3) is 0 Å². The molecule has 0 amide bonds. The van der Waals surface area contributed by atoms with Crippen LogP contribution >= 0.6 is 0 Å². The van der Waals surface area contributed by atoms with E-state index in [0.717, 1.165) is 37.3 Å². The van der Waals surface area contributed by atoms with Gasteiger partial charge in [-0.25, -0.2) is 0 Å². The van der Waals surface area contributed by atoms with E-state index in [0.29, 0.717) is 12.0 Å². The number of rotatable bonds is 4. The molecule has 1 aromatic carbocycles. The second-order valence-corrected chi connectivity index (χ2v) is 10.1. The minimum Gasteiger partial charge on any atom is -0.493 e. The van der Waals surface area contributed by atoms with Crippen molar-refractivity contribution in [2.75, 3.05) is 27.8 Å². The molecule has 2 fully saturated rings. The fraction of sp³-hybridized carbons (Fsp3) is 0.750. The summed E-state index contributed by atoms with van der Waals surface area (Å²) in [6.07, 6.45) is 2.51. The maximum Gasteiger partial charge on any atom is 0.165 e. The van der Waals surface area contributed by atoms with Gasteiger partial charge in [-0.15, -0.1) is 0 Å². The Hall–Kier alpha value is -1.30. The van der Waals surface area contributed by atoms with E-state index in [4.69, 9.17) is 14.2 Å². The molecule has 5 rings (SSSR count). The van der Waals surface area contributed by atoms with Crippen molar-refractivity contribution in [3.8, 4) is 11.5 Å². The summed E-state index contributed by atoms with van der Waals surface area (Å²) in [7, 11) is 5.80. The molecule has 160 valence electrons. The normalized spacial score (nSPS) is 41.1. The number of likely N-dealkylation sites (N-methyl/N-ethyl adjacent to an activating group) is 1. The summed E-state index contributed by atoms with van der Waals surface area (Å²) in [6, 6.07) is 4.79. The van der Waals surface area contributed by atoms with Crippen molar-refractivity contribution in [2.24, 2.45) is 17.8 Å². The Morgan fingerprint density at radius 2 is 2.00 bits per heavy atom. The first-order chi connectivity index (χ1) is 13.8. The van der Waals surface area contributed by atoms with Crippen LogP contribution in [-0.4, -0.2) is 61.7 Å². The van der Waals surface area contributed by atoms with Gasteiger partial charge in [-0.3, -0.25) is 0 Å². The van der Waals surface area contributed by atoms with Crippen LogP contribution in [0.4, 0.5) is 0 Å². The number of methoxy groups -OCH3 is 2. The van der Waals surface area contributed by atoms with Crippen LogP contribution < -0.4 is 9.47 Å². The number of hydrogen-bond donors (Lipinski definition) is 1. The Kier molecular flexibility index (Phi) is 4.30. The summed E-state index contributed by atoms with van der Waals surface area (Å²) < 4.78 is 19.1. The van der Waals surface area contributed by atoms with Gasteiger partial charge in [-0.05, 0) is 63.2 Å². The van der Waals surface area contributed by atoms with E-state index in [1.54, 1.807) is 7.11 Å². The van der Waals surface area contributed by atoms with E-state index in [2.05, 4.69) is 37.9 Å². The maximum atomic E-state index is 10.9. The first kappa shape index (κ1) is 19.7. The van der Waals surface area contributed by atoms with Gasteiger partial charge in [0.15, 0.2) is 11.5 Å². The van der Waals surface area contributed by atoms with Gasteiger partial charge in [0.05, 0.1) is 13.2 Å². The zero-order valence-electron chi connectivity index (χ0n) is 18.6. The Morgan fingerprint density at radius 1 is 1.24 bits per heavy atom. The van der Waals surface area contributed by atoms with Crippen LogP contribution in [0.2, 0.25) is 0 Å². The average Bonchev–Trinajstić information content (AvgIpc) is 3.04. The minimum atomic E-state index is -0.538. The Bertz CT molecular complexity index is 823. The van der Waals surface area contributed by atoms with Gasteiger partial charge in [-0.1, -0.05) is 19.9 Å². The molecule has 2 aliphatic carbocycles. The van der Waals surface area contributed by atoms with Crippen molar-refractivity contribution in [1.29, 1.82) is 0 Å². The van der Waals surface area contributed by atoms with Crippen molar-refractivity contribution < 1.29 is 19.3 Å². The standard InChI is InChI=1S/C24H35NO4/c1-13(2)24(28-6)16(14(3)26)12-17-18-11-15-7-8-19(27-5)21-20(15)23(17,22(24)29-21)9-10-25(18)4/h7-8,13-14,16-18,22,26H,9-12H2,1-6H3/t14-,16+,17?,18+,22+,23-,24+/m0/s1. The van der Waals surface area contributed by atoms with Crippen molar-refractivity contribution in [1.82, 2.24) is 4.90 Å². The van der Waals surface area contributed by atoms with E-state index in [9.17, 15) is 5.11 Å². The number of aliphatic hydroxyl groups excluding tert-OH is 1. The van der Waals surface area contributed by atoms with E-state index < -0.39 is 11.7 Å². The summed E-state index contributed by atoms with van der Waals surface area (Å²) in [6.45, 7) is 7.43. The number of nitrogens with zero attached hydrogens (tertiary/aromatic N) is 1. The van der Waals surface area contributed by atoms with Crippen LogP contribution in [0.15, 0.2) is 12.1 Å². The smallest absolute Gasteiger partial charge is 0.165 e. The lowest BCUT2D eigenvalue weighted by atomic mass is 9.45. The highest BCUT2D eigenvalue weighted by Gasteiger charge is 2.73. The second kappa shape index (κ2) is 6.35. The number of hydrogen-bond acceptors (Lipinski definition) is 5. The van der Waals surface area contributed by atoms with E-state index in [-0.39, 0.29) is 23.4 Å². The zero-order chi connectivity index (χ0) is 20.7. The van der Waals surface area contributed by atoms with Crippen LogP contribution in [0.5, 0.6) is 11.5 Å². The molecular formula is C24H35NO4. The van der Waals surface area contributed by atoms with Crippen LogP contribution in [0, 0.1) is 17.8 Å². The highest BCUT2D eigenvalue weighted by atomic mass is 16.6. The molecule has 1 aromatic rings. The maximum absolute atomic E-state index is 10.9. The molecular weight excluding hydrogens is 366 g/mol. The summed E-state index contributed by atoms with van der Waals surface area (Å²) >= 11 is 0.